The van der Waals surface area contributed by atoms with Crippen molar-refractivity contribution in [2.45, 2.75) is 33.1 Å². The summed E-state index contributed by atoms with van der Waals surface area (Å²) in [4.78, 5) is 12.7. The van der Waals surface area contributed by atoms with Gasteiger partial charge in [0.1, 0.15) is 6.61 Å². The second-order valence-corrected chi connectivity index (χ2v) is 6.97. The summed E-state index contributed by atoms with van der Waals surface area (Å²) in [5, 5.41) is 13.9. The number of hydrogen-bond acceptors (Lipinski definition) is 6. The highest BCUT2D eigenvalue weighted by Crippen LogP contribution is 2.34. The highest BCUT2D eigenvalue weighted by molar-refractivity contribution is 7.99. The Kier molecular flexibility index (Phi) is 7.08. The zero-order chi connectivity index (χ0) is 18.2. The van der Waals surface area contributed by atoms with Crippen molar-refractivity contribution < 1.29 is 9.53 Å². The first-order valence-corrected chi connectivity index (χ1v) is 9.56. The van der Waals surface area contributed by atoms with Crippen molar-refractivity contribution in [3.63, 3.8) is 0 Å². The van der Waals surface area contributed by atoms with Gasteiger partial charge in [-0.2, -0.15) is 22.1 Å². The SMILES string of the molecule is CCSCCOC(=O)C1=C(C)NN=C(CC)C1c1ccccc1C#N. The maximum absolute atomic E-state index is 12.7. The molecule has 0 radical (unpaired) electrons. The predicted molar refractivity (Wildman–Crippen MR) is 101 cm³/mol. The highest BCUT2D eigenvalue weighted by Gasteiger charge is 2.33. The zero-order valence-corrected chi connectivity index (χ0v) is 15.7. The monoisotopic (exact) mass is 357 g/mol. The molecule has 0 aromatic heterocycles. The van der Waals surface area contributed by atoms with Crippen molar-refractivity contribution in [1.82, 2.24) is 5.43 Å². The number of esters is 1. The summed E-state index contributed by atoms with van der Waals surface area (Å²) in [6, 6.07) is 9.56. The fourth-order valence-corrected chi connectivity index (χ4v) is 3.31. The van der Waals surface area contributed by atoms with Crippen LogP contribution in [0.4, 0.5) is 0 Å². The topological polar surface area (TPSA) is 74.5 Å². The fraction of sp³-hybridized carbons (Fsp3) is 0.421. The van der Waals surface area contributed by atoms with Crippen molar-refractivity contribution >= 4 is 23.4 Å². The van der Waals surface area contributed by atoms with Gasteiger partial charge in [-0.15, -0.1) is 0 Å². The molecule has 1 heterocycles. The molecule has 1 aliphatic heterocycles. The average molecular weight is 357 g/mol. The minimum Gasteiger partial charge on any atom is -0.461 e. The van der Waals surface area contributed by atoms with Gasteiger partial charge in [0.15, 0.2) is 0 Å². The van der Waals surface area contributed by atoms with Crippen LogP contribution in [0.15, 0.2) is 40.6 Å². The number of ether oxygens (including phenoxy) is 1. The van der Waals surface area contributed by atoms with E-state index in [1.807, 2.05) is 32.0 Å². The Hall–Kier alpha value is -2.26. The lowest BCUT2D eigenvalue weighted by atomic mass is 9.82. The van der Waals surface area contributed by atoms with Gasteiger partial charge in [0.05, 0.1) is 28.8 Å². The lowest BCUT2D eigenvalue weighted by Gasteiger charge is -2.27. The largest absolute Gasteiger partial charge is 0.461 e. The Morgan fingerprint density at radius 1 is 1.40 bits per heavy atom. The lowest BCUT2D eigenvalue weighted by molar-refractivity contribution is -0.138. The van der Waals surface area contributed by atoms with Crippen LogP contribution in [0.2, 0.25) is 0 Å². The molecule has 0 aliphatic carbocycles. The van der Waals surface area contributed by atoms with Gasteiger partial charge in [-0.25, -0.2) is 4.79 Å². The molecule has 132 valence electrons. The van der Waals surface area contributed by atoms with Crippen LogP contribution in [0.25, 0.3) is 0 Å². The highest BCUT2D eigenvalue weighted by atomic mass is 32.2. The number of nitrogens with one attached hydrogen (secondary N) is 1. The van der Waals surface area contributed by atoms with E-state index >= 15 is 0 Å². The number of carbonyl (C=O) groups excluding carboxylic acids is 1. The van der Waals surface area contributed by atoms with Gasteiger partial charge in [0.25, 0.3) is 0 Å². The summed E-state index contributed by atoms with van der Waals surface area (Å²) in [5.74, 6) is 1.07. The van der Waals surface area contributed by atoms with Gasteiger partial charge in [-0.3, -0.25) is 5.43 Å². The minimum atomic E-state index is -0.353. The van der Waals surface area contributed by atoms with E-state index in [-0.39, 0.29) is 11.9 Å². The third kappa shape index (κ3) is 4.43. The first-order valence-electron chi connectivity index (χ1n) is 8.41. The van der Waals surface area contributed by atoms with E-state index < -0.39 is 0 Å². The van der Waals surface area contributed by atoms with Crippen molar-refractivity contribution in [2.75, 3.05) is 18.1 Å². The Labute approximate surface area is 153 Å². The predicted octanol–water partition coefficient (Wildman–Crippen LogP) is 3.58. The fourth-order valence-electron chi connectivity index (χ4n) is 2.82. The molecule has 1 N–H and O–H groups in total. The molecule has 1 aromatic carbocycles. The van der Waals surface area contributed by atoms with Gasteiger partial charge < -0.3 is 4.74 Å². The van der Waals surface area contributed by atoms with Crippen molar-refractivity contribution in [1.29, 1.82) is 5.26 Å². The average Bonchev–Trinajstić information content (AvgIpc) is 2.64. The molecular weight excluding hydrogens is 334 g/mol. The van der Waals surface area contributed by atoms with Gasteiger partial charge in [0.2, 0.25) is 0 Å². The first kappa shape index (κ1) is 19.1. The molecule has 0 saturated carbocycles. The number of nitriles is 1. The quantitative estimate of drug-likeness (QED) is 0.596. The van der Waals surface area contributed by atoms with E-state index in [1.165, 1.54) is 0 Å². The van der Waals surface area contributed by atoms with Crippen LogP contribution in [-0.2, 0) is 9.53 Å². The normalized spacial score (nSPS) is 16.7. The molecule has 1 aliphatic rings. The van der Waals surface area contributed by atoms with E-state index in [9.17, 15) is 10.1 Å². The van der Waals surface area contributed by atoms with E-state index in [2.05, 4.69) is 23.5 Å². The molecule has 0 fully saturated rings. The molecule has 0 amide bonds. The number of rotatable bonds is 7. The summed E-state index contributed by atoms with van der Waals surface area (Å²) < 4.78 is 5.48. The van der Waals surface area contributed by atoms with Gasteiger partial charge in [-0.05, 0) is 30.7 Å². The standard InChI is InChI=1S/C19H23N3O2S/c1-4-16-18(15-9-7-6-8-14(15)12-20)17(13(3)21-22-16)19(23)24-10-11-25-5-2/h6-9,18,21H,4-5,10-11H2,1-3H3. The smallest absolute Gasteiger partial charge is 0.336 e. The minimum absolute atomic E-state index is 0.347. The van der Waals surface area contributed by atoms with Gasteiger partial charge in [-0.1, -0.05) is 32.0 Å². The molecular formula is C19H23N3O2S. The number of nitrogens with zero attached hydrogens (tertiary/aromatic N) is 2. The number of thioether (sulfide) groups is 1. The molecule has 25 heavy (non-hydrogen) atoms. The number of allylic oxidation sites excluding steroid dienone is 1. The van der Waals surface area contributed by atoms with Crippen molar-refractivity contribution in [3.8, 4) is 6.07 Å². The van der Waals surface area contributed by atoms with Crippen LogP contribution >= 0.6 is 11.8 Å². The maximum atomic E-state index is 12.7. The number of benzene rings is 1. The van der Waals surface area contributed by atoms with Crippen LogP contribution in [0.1, 0.15) is 44.2 Å². The first-order chi connectivity index (χ1) is 12.1. The van der Waals surface area contributed by atoms with E-state index in [0.717, 1.165) is 22.8 Å². The van der Waals surface area contributed by atoms with Gasteiger partial charge >= 0.3 is 5.97 Å². The molecule has 1 unspecified atom stereocenters. The molecule has 5 nitrogen and oxygen atoms in total. The third-order valence-corrected chi connectivity index (χ3v) is 4.90. The lowest BCUT2D eigenvalue weighted by Crippen LogP contribution is -2.31. The molecule has 0 spiro atoms. The van der Waals surface area contributed by atoms with Crippen LogP contribution in [0.3, 0.4) is 0 Å². The number of hydrazone groups is 1. The van der Waals surface area contributed by atoms with E-state index in [4.69, 9.17) is 4.74 Å². The Bertz CT molecular complexity index is 734. The third-order valence-electron chi connectivity index (χ3n) is 4.03. The summed E-state index contributed by atoms with van der Waals surface area (Å²) in [6.45, 7) is 6.25. The molecule has 1 atom stereocenters. The molecule has 0 bridgehead atoms. The molecule has 2 rings (SSSR count). The Morgan fingerprint density at radius 2 is 2.16 bits per heavy atom. The van der Waals surface area contributed by atoms with Crippen LogP contribution < -0.4 is 5.43 Å². The summed E-state index contributed by atoms with van der Waals surface area (Å²) in [7, 11) is 0. The Morgan fingerprint density at radius 3 is 2.84 bits per heavy atom. The second kappa shape index (κ2) is 9.28. The number of carbonyl (C=O) groups is 1. The van der Waals surface area contributed by atoms with Gasteiger partial charge in [0, 0.05) is 11.4 Å². The van der Waals surface area contributed by atoms with Crippen molar-refractivity contribution in [2.24, 2.45) is 5.10 Å². The van der Waals surface area contributed by atoms with E-state index in [0.29, 0.717) is 29.9 Å². The van der Waals surface area contributed by atoms with Crippen LogP contribution in [0.5, 0.6) is 0 Å². The summed E-state index contributed by atoms with van der Waals surface area (Å²) >= 11 is 1.73. The molecule has 6 heteroatoms. The molecule has 0 saturated heterocycles. The maximum Gasteiger partial charge on any atom is 0.336 e. The Balaban J connectivity index is 2.37. The van der Waals surface area contributed by atoms with E-state index in [1.54, 1.807) is 17.8 Å². The van der Waals surface area contributed by atoms with Crippen LogP contribution in [-0.4, -0.2) is 29.8 Å². The summed E-state index contributed by atoms with van der Waals surface area (Å²) in [5.41, 5.74) is 6.31. The zero-order valence-electron chi connectivity index (χ0n) is 14.8. The molecule has 1 aromatic rings. The number of hydrogen-bond donors (Lipinski definition) is 1. The van der Waals surface area contributed by atoms with Crippen LogP contribution in [0, 0.1) is 11.3 Å². The summed E-state index contributed by atoms with van der Waals surface area (Å²) in [6.07, 6.45) is 0.674. The second-order valence-electron chi connectivity index (χ2n) is 5.57. The van der Waals surface area contributed by atoms with Crippen molar-refractivity contribution in [3.05, 3.63) is 46.7 Å².